The first-order valence-corrected chi connectivity index (χ1v) is 6.06. The van der Waals surface area contributed by atoms with Crippen LogP contribution in [0.3, 0.4) is 0 Å². The molecular weight excluding hydrogens is 143 g/mol. The van der Waals surface area contributed by atoms with Crippen molar-refractivity contribution in [1.29, 1.82) is 0 Å². The van der Waals surface area contributed by atoms with Crippen molar-refractivity contribution >= 4 is 8.80 Å². The van der Waals surface area contributed by atoms with Crippen LogP contribution < -0.4 is 18.9 Å². The summed E-state index contributed by atoms with van der Waals surface area (Å²) < 4.78 is 0. The van der Waals surface area contributed by atoms with Crippen molar-refractivity contribution in [3.63, 3.8) is 0 Å². The molecule has 0 aromatic rings. The maximum Gasteiger partial charge on any atom is 1.00 e. The first-order chi connectivity index (χ1) is 4.46. The molecule has 0 radical (unpaired) electrons. The van der Waals surface area contributed by atoms with Gasteiger partial charge in [0.15, 0.2) is 0 Å². The van der Waals surface area contributed by atoms with E-state index >= 15 is 0 Å². The van der Waals surface area contributed by atoms with Gasteiger partial charge >= 0.3 is 18.9 Å². The number of hydrogen-bond acceptors (Lipinski definition) is 0. The normalized spacial score (nSPS) is 11.5. The van der Waals surface area contributed by atoms with Crippen LogP contribution in [0.25, 0.3) is 0 Å². The molecule has 0 N–H and O–H groups in total. The molecule has 0 saturated carbocycles. The Labute approximate surface area is 85.9 Å². The van der Waals surface area contributed by atoms with E-state index in [9.17, 15) is 0 Å². The molecule has 0 saturated heterocycles. The molecule has 62 valence electrons. The molecule has 0 aliphatic carbocycles. The SMILES string of the molecule is CC(C)[Si-](C(C)C)C(C)C.[Li+]. The van der Waals surface area contributed by atoms with Crippen molar-refractivity contribution in [3.05, 3.63) is 0 Å². The van der Waals surface area contributed by atoms with E-state index in [0.717, 1.165) is 16.6 Å². The molecule has 0 unspecified atom stereocenters. The molecule has 2 heteroatoms. The third-order valence-corrected chi connectivity index (χ3v) is 6.00. The van der Waals surface area contributed by atoms with Gasteiger partial charge < -0.3 is 0 Å². The van der Waals surface area contributed by atoms with Gasteiger partial charge in [-0.3, -0.25) is 8.80 Å². The van der Waals surface area contributed by atoms with E-state index in [0.29, 0.717) is 0 Å². The van der Waals surface area contributed by atoms with Gasteiger partial charge in [-0.15, -0.1) is 0 Å². The Morgan fingerprint density at radius 3 is 0.818 bits per heavy atom. The van der Waals surface area contributed by atoms with Crippen LogP contribution >= 0.6 is 0 Å². The second kappa shape index (κ2) is 6.34. The summed E-state index contributed by atoms with van der Waals surface area (Å²) in [6.07, 6.45) is 0. The van der Waals surface area contributed by atoms with Gasteiger partial charge in [0.05, 0.1) is 0 Å². The van der Waals surface area contributed by atoms with Crippen molar-refractivity contribution in [2.75, 3.05) is 0 Å². The van der Waals surface area contributed by atoms with E-state index in [1.807, 2.05) is 0 Å². The molecule has 0 amide bonds. The minimum atomic E-state index is -0.0957. The third-order valence-electron chi connectivity index (χ3n) is 2.00. The first-order valence-electron chi connectivity index (χ1n) is 4.33. The average Bonchev–Trinajstić information content (AvgIpc) is 1.59. The van der Waals surface area contributed by atoms with Crippen LogP contribution in [0.1, 0.15) is 41.5 Å². The maximum atomic E-state index is 2.37. The molecule has 0 aromatic carbocycles. The first kappa shape index (κ1) is 14.3. The second-order valence-electron chi connectivity index (χ2n) is 3.96. The van der Waals surface area contributed by atoms with Crippen LogP contribution in [-0.4, -0.2) is 8.80 Å². The summed E-state index contributed by atoms with van der Waals surface area (Å²) in [5, 5.41) is 0. The molecular formula is C9H21LiSi. The van der Waals surface area contributed by atoms with Crippen molar-refractivity contribution in [1.82, 2.24) is 0 Å². The molecule has 0 aromatic heterocycles. The van der Waals surface area contributed by atoms with Crippen LogP contribution in [0.5, 0.6) is 0 Å². The Hall–Kier alpha value is 0.814. The predicted octanol–water partition coefficient (Wildman–Crippen LogP) is 0.715. The van der Waals surface area contributed by atoms with E-state index < -0.39 is 0 Å². The maximum absolute atomic E-state index is 2.37. The summed E-state index contributed by atoms with van der Waals surface area (Å²) in [6.45, 7) is 14.2. The summed E-state index contributed by atoms with van der Waals surface area (Å²) in [5.74, 6) is 0. The van der Waals surface area contributed by atoms with Crippen molar-refractivity contribution in [2.24, 2.45) is 0 Å². The Morgan fingerprint density at radius 1 is 0.636 bits per heavy atom. The zero-order valence-corrected chi connectivity index (χ0v) is 10.2. The van der Waals surface area contributed by atoms with Gasteiger partial charge in [-0.1, -0.05) is 41.5 Å². The largest absolute Gasteiger partial charge is 1.00 e. The molecule has 0 bridgehead atoms. The van der Waals surface area contributed by atoms with E-state index in [1.165, 1.54) is 0 Å². The monoisotopic (exact) mass is 164 g/mol. The molecule has 0 atom stereocenters. The fourth-order valence-electron chi connectivity index (χ4n) is 2.00. The van der Waals surface area contributed by atoms with Crippen molar-refractivity contribution in [3.8, 4) is 0 Å². The van der Waals surface area contributed by atoms with Gasteiger partial charge in [0.25, 0.3) is 0 Å². The van der Waals surface area contributed by atoms with Gasteiger partial charge in [0, 0.05) is 0 Å². The molecule has 0 nitrogen and oxygen atoms in total. The summed E-state index contributed by atoms with van der Waals surface area (Å²) in [6, 6.07) is 0. The van der Waals surface area contributed by atoms with Crippen LogP contribution in [0.4, 0.5) is 0 Å². The minimum Gasteiger partial charge on any atom is -0.250 e. The van der Waals surface area contributed by atoms with E-state index in [-0.39, 0.29) is 27.7 Å². The van der Waals surface area contributed by atoms with Gasteiger partial charge in [-0.05, 0) is 0 Å². The molecule has 0 heterocycles. The van der Waals surface area contributed by atoms with Crippen LogP contribution in [0, 0.1) is 0 Å². The average molecular weight is 164 g/mol. The van der Waals surface area contributed by atoms with Gasteiger partial charge in [-0.2, -0.15) is 16.6 Å². The molecule has 0 aliphatic heterocycles. The fourth-order valence-corrected chi connectivity index (χ4v) is 6.00. The Bertz CT molecular complexity index is 70.5. The summed E-state index contributed by atoms with van der Waals surface area (Å²) in [5.41, 5.74) is 2.81. The summed E-state index contributed by atoms with van der Waals surface area (Å²) in [4.78, 5) is 0. The fraction of sp³-hybridized carbons (Fsp3) is 1.00. The minimum absolute atomic E-state index is 0. The molecule has 11 heavy (non-hydrogen) atoms. The zero-order chi connectivity index (χ0) is 8.31. The second-order valence-corrected chi connectivity index (χ2v) is 8.43. The van der Waals surface area contributed by atoms with E-state index in [1.54, 1.807) is 0 Å². The molecule has 0 rings (SSSR count). The van der Waals surface area contributed by atoms with Gasteiger partial charge in [0.1, 0.15) is 0 Å². The Kier molecular flexibility index (Phi) is 8.27. The van der Waals surface area contributed by atoms with Gasteiger partial charge in [-0.25, -0.2) is 0 Å². The van der Waals surface area contributed by atoms with E-state index in [2.05, 4.69) is 41.5 Å². The predicted molar refractivity (Wildman–Crippen MR) is 51.0 cm³/mol. The quantitative estimate of drug-likeness (QED) is 0.539. The molecule has 0 fully saturated rings. The zero-order valence-electron chi connectivity index (χ0n) is 9.23. The van der Waals surface area contributed by atoms with Crippen LogP contribution in [0.2, 0.25) is 16.6 Å². The Morgan fingerprint density at radius 2 is 0.818 bits per heavy atom. The smallest absolute Gasteiger partial charge is 0.250 e. The molecule has 0 spiro atoms. The number of rotatable bonds is 3. The van der Waals surface area contributed by atoms with Crippen molar-refractivity contribution < 1.29 is 18.9 Å². The standard InChI is InChI=1S/C9H21Si.Li/c1-7(2)10(8(3)4)9(5)6;/h7-9H,1-6H3;/q-1;+1. The topological polar surface area (TPSA) is 0 Å². The summed E-state index contributed by atoms with van der Waals surface area (Å²) in [7, 11) is -0.0957. The van der Waals surface area contributed by atoms with Gasteiger partial charge in [0.2, 0.25) is 0 Å². The van der Waals surface area contributed by atoms with Crippen LogP contribution in [0.15, 0.2) is 0 Å². The molecule has 0 aliphatic rings. The third kappa shape index (κ3) is 5.12. The summed E-state index contributed by atoms with van der Waals surface area (Å²) >= 11 is 0. The van der Waals surface area contributed by atoms with E-state index in [4.69, 9.17) is 0 Å². The van der Waals surface area contributed by atoms with Crippen LogP contribution in [-0.2, 0) is 0 Å². The van der Waals surface area contributed by atoms with Crippen molar-refractivity contribution in [2.45, 2.75) is 58.2 Å². The number of hydrogen-bond donors (Lipinski definition) is 0. The Balaban J connectivity index is 0.